The summed E-state index contributed by atoms with van der Waals surface area (Å²) in [6, 6.07) is 9.00. The van der Waals surface area contributed by atoms with Gasteiger partial charge in [-0.05, 0) is 28.3 Å². The van der Waals surface area contributed by atoms with E-state index in [1.165, 1.54) is 15.6 Å². The molecule has 3 rings (SSSR count). The van der Waals surface area contributed by atoms with Gasteiger partial charge in [0, 0.05) is 30.4 Å². The monoisotopic (exact) mass is 246 g/mol. The predicted octanol–water partition coefficient (Wildman–Crippen LogP) is 2.68. The van der Waals surface area contributed by atoms with Crippen LogP contribution in [-0.2, 0) is 6.54 Å². The van der Waals surface area contributed by atoms with Crippen LogP contribution in [0.1, 0.15) is 12.5 Å². The van der Waals surface area contributed by atoms with Crippen molar-refractivity contribution >= 4 is 21.4 Å². The first-order chi connectivity index (χ1) is 8.24. The van der Waals surface area contributed by atoms with E-state index in [1.807, 2.05) is 11.3 Å². The molecule has 1 fully saturated rings. The highest BCUT2D eigenvalue weighted by Gasteiger charge is 2.26. The summed E-state index contributed by atoms with van der Waals surface area (Å²) in [5.41, 5.74) is 7.52. The van der Waals surface area contributed by atoms with Gasteiger partial charge in [-0.3, -0.25) is 4.90 Å². The van der Waals surface area contributed by atoms with Gasteiger partial charge in [-0.15, -0.1) is 11.3 Å². The normalized spacial score (nSPS) is 25.8. The Bertz CT molecular complexity index is 510. The third kappa shape index (κ3) is 2.10. The van der Waals surface area contributed by atoms with Crippen LogP contribution < -0.4 is 5.73 Å². The van der Waals surface area contributed by atoms with Crippen molar-refractivity contribution in [1.29, 1.82) is 0 Å². The molecule has 0 amide bonds. The van der Waals surface area contributed by atoms with Crippen LogP contribution in [0, 0.1) is 5.92 Å². The molecule has 1 aromatic heterocycles. The Balaban J connectivity index is 1.81. The van der Waals surface area contributed by atoms with Gasteiger partial charge in [-0.1, -0.05) is 25.1 Å². The molecule has 0 aliphatic carbocycles. The molecule has 90 valence electrons. The molecular weight excluding hydrogens is 228 g/mol. The largest absolute Gasteiger partial charge is 0.326 e. The number of hydrogen-bond acceptors (Lipinski definition) is 3. The lowest BCUT2D eigenvalue weighted by atomic mass is 10.1. The highest BCUT2D eigenvalue weighted by atomic mass is 32.1. The topological polar surface area (TPSA) is 29.3 Å². The van der Waals surface area contributed by atoms with E-state index in [0.717, 1.165) is 19.6 Å². The second-order valence-corrected chi connectivity index (χ2v) is 6.00. The summed E-state index contributed by atoms with van der Waals surface area (Å²) in [5.74, 6) is 0.625. The summed E-state index contributed by atoms with van der Waals surface area (Å²) in [6.07, 6.45) is 0. The molecule has 1 aliphatic heterocycles. The zero-order chi connectivity index (χ0) is 11.8. The second-order valence-electron chi connectivity index (χ2n) is 5.09. The van der Waals surface area contributed by atoms with Crippen molar-refractivity contribution in [3.63, 3.8) is 0 Å². The van der Waals surface area contributed by atoms with Crippen molar-refractivity contribution < 1.29 is 0 Å². The average Bonchev–Trinajstić information content (AvgIpc) is 2.85. The van der Waals surface area contributed by atoms with Crippen molar-refractivity contribution in [2.75, 3.05) is 13.1 Å². The zero-order valence-corrected chi connectivity index (χ0v) is 10.9. The van der Waals surface area contributed by atoms with Gasteiger partial charge in [0.2, 0.25) is 0 Å². The molecule has 2 unspecified atom stereocenters. The van der Waals surface area contributed by atoms with E-state index in [0.29, 0.717) is 12.0 Å². The van der Waals surface area contributed by atoms with Gasteiger partial charge >= 0.3 is 0 Å². The van der Waals surface area contributed by atoms with Crippen molar-refractivity contribution in [3.05, 3.63) is 35.2 Å². The molecule has 3 heteroatoms. The average molecular weight is 246 g/mol. The molecule has 2 N–H and O–H groups in total. The van der Waals surface area contributed by atoms with Crippen LogP contribution in [0.3, 0.4) is 0 Å². The van der Waals surface area contributed by atoms with Crippen LogP contribution in [0.4, 0.5) is 0 Å². The minimum atomic E-state index is 0.347. The molecule has 1 aliphatic rings. The van der Waals surface area contributed by atoms with E-state index >= 15 is 0 Å². The van der Waals surface area contributed by atoms with Gasteiger partial charge in [-0.25, -0.2) is 0 Å². The van der Waals surface area contributed by atoms with Crippen molar-refractivity contribution in [3.8, 4) is 0 Å². The Morgan fingerprint density at radius 2 is 2.18 bits per heavy atom. The van der Waals surface area contributed by atoms with Crippen LogP contribution in [0.25, 0.3) is 10.1 Å². The first kappa shape index (κ1) is 11.2. The molecule has 2 aromatic rings. The fourth-order valence-electron chi connectivity index (χ4n) is 2.62. The number of rotatable bonds is 2. The third-order valence-corrected chi connectivity index (χ3v) is 4.71. The van der Waals surface area contributed by atoms with Crippen molar-refractivity contribution in [1.82, 2.24) is 4.90 Å². The smallest absolute Gasteiger partial charge is 0.0346 e. The van der Waals surface area contributed by atoms with Crippen LogP contribution in [-0.4, -0.2) is 24.0 Å². The van der Waals surface area contributed by atoms with E-state index < -0.39 is 0 Å². The summed E-state index contributed by atoms with van der Waals surface area (Å²) in [7, 11) is 0. The third-order valence-electron chi connectivity index (χ3n) is 3.70. The molecule has 17 heavy (non-hydrogen) atoms. The number of fused-ring (bicyclic) bond motifs is 1. The van der Waals surface area contributed by atoms with E-state index in [9.17, 15) is 0 Å². The first-order valence-corrected chi connectivity index (χ1v) is 7.05. The maximum absolute atomic E-state index is 6.07. The van der Waals surface area contributed by atoms with Crippen LogP contribution in [0.15, 0.2) is 29.6 Å². The number of thiophene rings is 1. The number of benzene rings is 1. The summed E-state index contributed by atoms with van der Waals surface area (Å²) >= 11 is 1.84. The van der Waals surface area contributed by atoms with E-state index in [-0.39, 0.29) is 0 Å². The minimum Gasteiger partial charge on any atom is -0.326 e. The van der Waals surface area contributed by atoms with E-state index in [2.05, 4.69) is 41.5 Å². The molecule has 0 bridgehead atoms. The van der Waals surface area contributed by atoms with Gasteiger partial charge in [0.15, 0.2) is 0 Å². The molecule has 1 saturated heterocycles. The Labute approximate surface area is 106 Å². The lowest BCUT2D eigenvalue weighted by molar-refractivity contribution is 0.320. The molecule has 0 spiro atoms. The van der Waals surface area contributed by atoms with Crippen molar-refractivity contribution in [2.45, 2.75) is 19.5 Å². The quantitative estimate of drug-likeness (QED) is 0.882. The zero-order valence-electron chi connectivity index (χ0n) is 10.1. The van der Waals surface area contributed by atoms with Crippen LogP contribution >= 0.6 is 11.3 Å². The predicted molar refractivity (Wildman–Crippen MR) is 74.2 cm³/mol. The lowest BCUT2D eigenvalue weighted by Crippen LogP contribution is -2.28. The van der Waals surface area contributed by atoms with Gasteiger partial charge in [0.25, 0.3) is 0 Å². The van der Waals surface area contributed by atoms with Crippen LogP contribution in [0.2, 0.25) is 0 Å². The summed E-state index contributed by atoms with van der Waals surface area (Å²) < 4.78 is 1.39. The second kappa shape index (κ2) is 4.41. The number of hydrogen-bond donors (Lipinski definition) is 1. The Morgan fingerprint density at radius 1 is 1.35 bits per heavy atom. The van der Waals surface area contributed by atoms with Crippen LogP contribution in [0.5, 0.6) is 0 Å². The highest BCUT2D eigenvalue weighted by molar-refractivity contribution is 7.17. The Morgan fingerprint density at radius 3 is 2.94 bits per heavy atom. The van der Waals surface area contributed by atoms with E-state index in [1.54, 1.807) is 0 Å². The van der Waals surface area contributed by atoms with E-state index in [4.69, 9.17) is 5.73 Å². The molecular formula is C14H18N2S. The maximum Gasteiger partial charge on any atom is 0.0346 e. The first-order valence-electron chi connectivity index (χ1n) is 6.17. The minimum absolute atomic E-state index is 0.347. The van der Waals surface area contributed by atoms with Crippen molar-refractivity contribution in [2.24, 2.45) is 11.7 Å². The Hall–Kier alpha value is -0.900. The molecule has 0 radical (unpaired) electrons. The fraction of sp³-hybridized carbons (Fsp3) is 0.429. The molecule has 2 atom stereocenters. The fourth-order valence-corrected chi connectivity index (χ4v) is 3.57. The number of nitrogens with zero attached hydrogens (tertiary/aromatic N) is 1. The number of nitrogens with two attached hydrogens (primary N) is 1. The standard InChI is InChI=1S/C14H18N2S/c1-10-6-16(8-13(10)15)7-11-9-17-14-5-3-2-4-12(11)14/h2-5,9-10,13H,6-8,15H2,1H3. The maximum atomic E-state index is 6.07. The summed E-state index contributed by atoms with van der Waals surface area (Å²) in [6.45, 7) is 5.45. The van der Waals surface area contributed by atoms with Gasteiger partial charge < -0.3 is 5.73 Å². The number of likely N-dealkylation sites (tertiary alicyclic amines) is 1. The highest BCUT2D eigenvalue weighted by Crippen LogP contribution is 2.28. The van der Waals surface area contributed by atoms with Gasteiger partial charge in [-0.2, -0.15) is 0 Å². The Kier molecular flexibility index (Phi) is 2.90. The summed E-state index contributed by atoms with van der Waals surface area (Å²) in [4.78, 5) is 2.48. The summed E-state index contributed by atoms with van der Waals surface area (Å²) in [5, 5.41) is 3.70. The SMILES string of the molecule is CC1CN(Cc2csc3ccccc23)CC1N. The molecule has 0 saturated carbocycles. The van der Waals surface area contributed by atoms with Gasteiger partial charge in [0.1, 0.15) is 0 Å². The molecule has 2 nitrogen and oxygen atoms in total. The lowest BCUT2D eigenvalue weighted by Gasteiger charge is -2.14. The van der Waals surface area contributed by atoms with Gasteiger partial charge in [0.05, 0.1) is 0 Å². The molecule has 2 heterocycles. The molecule has 1 aromatic carbocycles.